The molecule has 0 radical (unpaired) electrons. The van der Waals surface area contributed by atoms with Gasteiger partial charge in [-0.3, -0.25) is 14.5 Å². The lowest BCUT2D eigenvalue weighted by Gasteiger charge is -2.21. The van der Waals surface area contributed by atoms with Gasteiger partial charge in [0, 0.05) is 37.6 Å². The number of likely N-dealkylation sites (tertiary alicyclic amines) is 1. The molecule has 0 amide bonds. The zero-order valence-corrected chi connectivity index (χ0v) is 21.6. The van der Waals surface area contributed by atoms with Gasteiger partial charge in [0.2, 0.25) is 5.88 Å². The lowest BCUT2D eigenvalue weighted by atomic mass is 10.0. The Labute approximate surface area is 221 Å². The Morgan fingerprint density at radius 2 is 1.79 bits per heavy atom. The molecule has 5 heterocycles. The van der Waals surface area contributed by atoms with Crippen LogP contribution < -0.4 is 16.2 Å². The molecule has 2 saturated heterocycles. The van der Waals surface area contributed by atoms with E-state index in [9.17, 15) is 4.79 Å². The van der Waals surface area contributed by atoms with E-state index in [1.54, 1.807) is 10.6 Å². The number of nitrogens with zero attached hydrogens (tertiary/aromatic N) is 4. The molecular formula is C29H34N6O3. The van der Waals surface area contributed by atoms with E-state index in [-0.39, 0.29) is 11.5 Å². The molecular weight excluding hydrogens is 480 g/mol. The molecule has 9 heteroatoms. The average molecular weight is 515 g/mol. The number of rotatable bonds is 8. The van der Waals surface area contributed by atoms with Crippen LogP contribution >= 0.6 is 0 Å². The number of pyridine rings is 2. The van der Waals surface area contributed by atoms with Crippen LogP contribution in [0.15, 0.2) is 53.5 Å². The number of anilines is 1. The van der Waals surface area contributed by atoms with Crippen LogP contribution in [0.5, 0.6) is 5.88 Å². The van der Waals surface area contributed by atoms with Crippen LogP contribution in [-0.4, -0.2) is 57.3 Å². The summed E-state index contributed by atoms with van der Waals surface area (Å²) in [5, 5.41) is 0. The first-order valence-corrected chi connectivity index (χ1v) is 13.5. The first kappa shape index (κ1) is 24.6. The predicted octanol–water partition coefficient (Wildman–Crippen LogP) is 3.82. The minimum absolute atomic E-state index is 0.225. The number of nitrogen functional groups attached to an aromatic ring is 1. The molecule has 198 valence electrons. The molecule has 6 rings (SSSR count). The van der Waals surface area contributed by atoms with E-state index in [1.807, 2.05) is 18.3 Å². The van der Waals surface area contributed by atoms with Crippen LogP contribution in [0.25, 0.3) is 22.2 Å². The summed E-state index contributed by atoms with van der Waals surface area (Å²) in [6.07, 6.45) is 6.46. The van der Waals surface area contributed by atoms with Crippen LogP contribution in [-0.2, 0) is 17.8 Å². The molecule has 0 spiro atoms. The summed E-state index contributed by atoms with van der Waals surface area (Å²) in [5.74, 6) is 1.13. The maximum atomic E-state index is 12.8. The number of imidazole rings is 1. The van der Waals surface area contributed by atoms with Crippen molar-refractivity contribution in [1.29, 1.82) is 0 Å². The summed E-state index contributed by atoms with van der Waals surface area (Å²) in [5.41, 5.74) is 11.5. The Hall–Kier alpha value is -3.69. The van der Waals surface area contributed by atoms with Crippen molar-refractivity contribution in [2.75, 3.05) is 38.6 Å². The number of hydrogen-bond acceptors (Lipinski definition) is 7. The predicted molar refractivity (Wildman–Crippen MR) is 147 cm³/mol. The maximum absolute atomic E-state index is 12.8. The number of nitrogens with one attached hydrogen (secondary N) is 1. The molecule has 2 aliphatic rings. The Bertz CT molecular complexity index is 1430. The molecule has 4 aromatic rings. The van der Waals surface area contributed by atoms with E-state index < -0.39 is 0 Å². The van der Waals surface area contributed by atoms with E-state index in [0.717, 1.165) is 68.1 Å². The van der Waals surface area contributed by atoms with Gasteiger partial charge >= 0.3 is 5.69 Å². The number of nitrogens with two attached hydrogens (primary N) is 1. The van der Waals surface area contributed by atoms with Crippen LogP contribution in [0.4, 0.5) is 5.82 Å². The van der Waals surface area contributed by atoms with Crippen molar-refractivity contribution in [3.05, 3.63) is 70.4 Å². The number of fused-ring (bicyclic) bond motifs is 1. The molecule has 2 fully saturated rings. The highest BCUT2D eigenvalue weighted by atomic mass is 16.5. The average Bonchev–Trinajstić information content (AvgIpc) is 3.57. The van der Waals surface area contributed by atoms with Crippen LogP contribution in [0, 0.1) is 5.92 Å². The third-order valence-corrected chi connectivity index (χ3v) is 7.62. The number of aromatic nitrogens is 4. The molecule has 38 heavy (non-hydrogen) atoms. The van der Waals surface area contributed by atoms with Gasteiger partial charge in [-0.2, -0.15) is 4.98 Å². The van der Waals surface area contributed by atoms with E-state index >= 15 is 0 Å². The van der Waals surface area contributed by atoms with E-state index in [4.69, 9.17) is 15.2 Å². The quantitative estimate of drug-likeness (QED) is 0.368. The van der Waals surface area contributed by atoms with E-state index in [2.05, 4.69) is 44.1 Å². The molecule has 0 unspecified atom stereocenters. The Morgan fingerprint density at radius 1 is 1.03 bits per heavy atom. The lowest BCUT2D eigenvalue weighted by molar-refractivity contribution is 0.0491. The van der Waals surface area contributed by atoms with Gasteiger partial charge in [-0.1, -0.05) is 30.3 Å². The highest BCUT2D eigenvalue weighted by molar-refractivity contribution is 5.85. The second-order valence-corrected chi connectivity index (χ2v) is 10.3. The summed E-state index contributed by atoms with van der Waals surface area (Å²) < 4.78 is 13.1. The lowest BCUT2D eigenvalue weighted by Crippen LogP contribution is -2.21. The molecule has 0 bridgehead atoms. The van der Waals surface area contributed by atoms with Crippen molar-refractivity contribution in [3.63, 3.8) is 0 Å². The topological polar surface area (TPSA) is 111 Å². The monoisotopic (exact) mass is 514 g/mol. The molecule has 0 aliphatic carbocycles. The fourth-order valence-electron chi connectivity index (χ4n) is 5.34. The van der Waals surface area contributed by atoms with Crippen LogP contribution in [0.1, 0.15) is 36.9 Å². The highest BCUT2D eigenvalue weighted by Gasteiger charge is 2.17. The van der Waals surface area contributed by atoms with Gasteiger partial charge in [0.15, 0.2) is 5.82 Å². The van der Waals surface area contributed by atoms with Gasteiger partial charge in [0.05, 0.1) is 24.4 Å². The van der Waals surface area contributed by atoms with Gasteiger partial charge < -0.3 is 20.2 Å². The SMILES string of the molecule is Nc1nc(OCC2CCOCC2)cc2c1[nH]c(=O)n2Cc1ccc(-c2ccc(CN3CCCC3)nc2)cc1. The standard InChI is InChI=1S/C29H34N6O3/c30-28-27-25(15-26(32-28)38-19-21-9-13-37-14-10-21)35(29(36)33-27)17-20-3-5-22(6-4-20)23-7-8-24(31-16-23)18-34-11-1-2-12-34/h3-8,15-16,21H,1-2,9-14,17-19H2,(H2,30,32)(H,33,36). The summed E-state index contributed by atoms with van der Waals surface area (Å²) in [6.45, 7) is 5.75. The Balaban J connectivity index is 1.16. The second-order valence-electron chi connectivity index (χ2n) is 10.3. The summed E-state index contributed by atoms with van der Waals surface area (Å²) >= 11 is 0. The Morgan fingerprint density at radius 3 is 2.53 bits per heavy atom. The highest BCUT2D eigenvalue weighted by Crippen LogP contribution is 2.25. The number of aromatic amines is 1. The molecule has 3 N–H and O–H groups in total. The fourth-order valence-corrected chi connectivity index (χ4v) is 5.34. The van der Waals surface area contributed by atoms with Gasteiger partial charge in [-0.25, -0.2) is 4.79 Å². The van der Waals surface area contributed by atoms with Crippen LogP contribution in [0.2, 0.25) is 0 Å². The van der Waals surface area contributed by atoms with Gasteiger partial charge in [0.1, 0.15) is 5.52 Å². The summed E-state index contributed by atoms with van der Waals surface area (Å²) in [6, 6.07) is 14.3. The number of ether oxygens (including phenoxy) is 2. The molecule has 2 aliphatic heterocycles. The van der Waals surface area contributed by atoms with Crippen molar-refractivity contribution in [3.8, 4) is 17.0 Å². The van der Waals surface area contributed by atoms with Gasteiger partial charge in [0.25, 0.3) is 0 Å². The third kappa shape index (κ3) is 5.44. The molecule has 0 saturated carbocycles. The normalized spacial score (nSPS) is 16.8. The van der Waals surface area contributed by atoms with Crippen molar-refractivity contribution in [2.24, 2.45) is 5.92 Å². The Kier molecular flexibility index (Phi) is 7.11. The zero-order chi connectivity index (χ0) is 25.9. The zero-order valence-electron chi connectivity index (χ0n) is 21.6. The maximum Gasteiger partial charge on any atom is 0.326 e. The molecule has 9 nitrogen and oxygen atoms in total. The molecule has 3 aromatic heterocycles. The van der Waals surface area contributed by atoms with E-state index in [0.29, 0.717) is 36.0 Å². The minimum atomic E-state index is -0.225. The number of hydrogen-bond donors (Lipinski definition) is 2. The van der Waals surface area contributed by atoms with Crippen LogP contribution in [0.3, 0.4) is 0 Å². The first-order chi connectivity index (χ1) is 18.6. The van der Waals surface area contributed by atoms with Gasteiger partial charge in [-0.05, 0) is 61.9 Å². The minimum Gasteiger partial charge on any atom is -0.477 e. The summed E-state index contributed by atoms with van der Waals surface area (Å²) in [7, 11) is 0. The van der Waals surface area contributed by atoms with Crippen molar-refractivity contribution in [2.45, 2.75) is 38.8 Å². The van der Waals surface area contributed by atoms with E-state index in [1.165, 1.54) is 12.8 Å². The van der Waals surface area contributed by atoms with Gasteiger partial charge in [-0.15, -0.1) is 0 Å². The fraction of sp³-hybridized carbons (Fsp3) is 0.414. The number of benzene rings is 1. The largest absolute Gasteiger partial charge is 0.477 e. The smallest absolute Gasteiger partial charge is 0.326 e. The molecule has 0 atom stereocenters. The summed E-state index contributed by atoms with van der Waals surface area (Å²) in [4.78, 5) is 27.2. The first-order valence-electron chi connectivity index (χ1n) is 13.5. The second kappa shape index (κ2) is 11.0. The third-order valence-electron chi connectivity index (χ3n) is 7.62. The molecule has 1 aromatic carbocycles. The van der Waals surface area contributed by atoms with Crippen molar-refractivity contribution >= 4 is 16.9 Å². The number of H-pyrrole nitrogens is 1. The van der Waals surface area contributed by atoms with Crippen molar-refractivity contribution < 1.29 is 9.47 Å². The van der Waals surface area contributed by atoms with Crippen molar-refractivity contribution in [1.82, 2.24) is 24.4 Å².